The van der Waals surface area contributed by atoms with Crippen LogP contribution in [0, 0.1) is 5.82 Å². The third kappa shape index (κ3) is 3.21. The third-order valence-electron chi connectivity index (χ3n) is 3.54. The number of carbonyl (C=O) groups excluding carboxylic acids is 1. The number of nitrogens with zero attached hydrogens (tertiary/aromatic N) is 2. The summed E-state index contributed by atoms with van der Waals surface area (Å²) in [6.07, 6.45) is 5.70. The van der Waals surface area contributed by atoms with Crippen molar-refractivity contribution in [3.05, 3.63) is 47.8 Å². The molecule has 114 valence electrons. The normalized spacial score (nSPS) is 13.7. The lowest BCUT2D eigenvalue weighted by atomic mass is 10.1. The van der Waals surface area contributed by atoms with Crippen molar-refractivity contribution < 1.29 is 9.18 Å². The van der Waals surface area contributed by atoms with Gasteiger partial charge in [-0.3, -0.25) is 4.79 Å². The molecule has 1 aromatic heterocycles. The Morgan fingerprint density at radius 1 is 1.36 bits per heavy atom. The highest BCUT2D eigenvalue weighted by Gasteiger charge is 2.23. The molecular formula is C16H17FN4O. The van der Waals surface area contributed by atoms with Gasteiger partial charge in [-0.25, -0.2) is 14.4 Å². The van der Waals surface area contributed by atoms with E-state index in [2.05, 4.69) is 20.6 Å². The first kappa shape index (κ1) is 14.4. The molecule has 1 aliphatic carbocycles. The predicted molar refractivity (Wildman–Crippen MR) is 82.4 cm³/mol. The molecule has 0 saturated heterocycles. The summed E-state index contributed by atoms with van der Waals surface area (Å²) in [6.45, 7) is 1.93. The molecule has 1 saturated carbocycles. The molecule has 0 radical (unpaired) electrons. The summed E-state index contributed by atoms with van der Waals surface area (Å²) in [6, 6.07) is 4.66. The van der Waals surface area contributed by atoms with Crippen molar-refractivity contribution in [1.82, 2.24) is 9.97 Å². The van der Waals surface area contributed by atoms with E-state index in [4.69, 9.17) is 0 Å². The zero-order chi connectivity index (χ0) is 15.5. The molecule has 6 heteroatoms. The number of benzene rings is 1. The second kappa shape index (κ2) is 6.09. The van der Waals surface area contributed by atoms with Gasteiger partial charge >= 0.3 is 0 Å². The number of amides is 1. The van der Waals surface area contributed by atoms with E-state index in [0.717, 1.165) is 12.8 Å². The molecule has 1 heterocycles. The molecule has 22 heavy (non-hydrogen) atoms. The number of anilines is 2. The van der Waals surface area contributed by atoms with E-state index in [1.165, 1.54) is 24.7 Å². The van der Waals surface area contributed by atoms with Crippen LogP contribution in [0.5, 0.6) is 0 Å². The number of aromatic nitrogens is 2. The van der Waals surface area contributed by atoms with Crippen molar-refractivity contribution >= 4 is 17.3 Å². The molecule has 0 spiro atoms. The molecule has 2 N–H and O–H groups in total. The van der Waals surface area contributed by atoms with Crippen LogP contribution in [0.3, 0.4) is 0 Å². The predicted octanol–water partition coefficient (Wildman–Crippen LogP) is 3.00. The van der Waals surface area contributed by atoms with E-state index < -0.39 is 0 Å². The number of nitrogens with one attached hydrogen (secondary N) is 2. The van der Waals surface area contributed by atoms with Crippen molar-refractivity contribution in [3.63, 3.8) is 0 Å². The number of aryl methyl sites for hydroxylation is 1. The molecule has 2 aromatic rings. The Hall–Kier alpha value is -2.50. The van der Waals surface area contributed by atoms with Crippen molar-refractivity contribution in [2.75, 3.05) is 10.6 Å². The van der Waals surface area contributed by atoms with Gasteiger partial charge in [0.2, 0.25) is 0 Å². The summed E-state index contributed by atoms with van der Waals surface area (Å²) < 4.78 is 13.4. The van der Waals surface area contributed by atoms with Crippen LogP contribution in [0.2, 0.25) is 0 Å². The quantitative estimate of drug-likeness (QED) is 0.891. The summed E-state index contributed by atoms with van der Waals surface area (Å²) >= 11 is 0. The number of hydrogen-bond acceptors (Lipinski definition) is 4. The summed E-state index contributed by atoms with van der Waals surface area (Å²) in [4.78, 5) is 20.4. The fourth-order valence-corrected chi connectivity index (χ4v) is 2.21. The molecule has 1 aromatic carbocycles. The molecule has 0 atom stereocenters. The topological polar surface area (TPSA) is 66.9 Å². The SMILES string of the molecule is CCc1ncncc1C(=O)Nc1ccc(F)cc1NC1CC1. The first-order valence-electron chi connectivity index (χ1n) is 7.33. The molecule has 0 bridgehead atoms. The van der Waals surface area contributed by atoms with Crippen LogP contribution >= 0.6 is 0 Å². The van der Waals surface area contributed by atoms with E-state index in [-0.39, 0.29) is 11.7 Å². The van der Waals surface area contributed by atoms with Gasteiger partial charge in [-0.1, -0.05) is 6.92 Å². The van der Waals surface area contributed by atoms with Crippen LogP contribution in [0.4, 0.5) is 15.8 Å². The van der Waals surface area contributed by atoms with Gasteiger partial charge in [0.25, 0.3) is 5.91 Å². The second-order valence-electron chi connectivity index (χ2n) is 5.30. The van der Waals surface area contributed by atoms with Gasteiger partial charge in [-0.15, -0.1) is 0 Å². The van der Waals surface area contributed by atoms with E-state index in [0.29, 0.717) is 35.1 Å². The number of rotatable bonds is 5. The van der Waals surface area contributed by atoms with Crippen molar-refractivity contribution in [2.45, 2.75) is 32.2 Å². The highest BCUT2D eigenvalue weighted by Crippen LogP contribution is 2.30. The van der Waals surface area contributed by atoms with Crippen LogP contribution in [0.1, 0.15) is 35.8 Å². The molecule has 0 aliphatic heterocycles. The molecule has 1 amide bonds. The zero-order valence-corrected chi connectivity index (χ0v) is 12.3. The molecule has 1 fully saturated rings. The molecule has 3 rings (SSSR count). The average molecular weight is 300 g/mol. The largest absolute Gasteiger partial charge is 0.381 e. The van der Waals surface area contributed by atoms with Gasteiger partial charge in [0.1, 0.15) is 12.1 Å². The minimum absolute atomic E-state index is 0.289. The Kier molecular flexibility index (Phi) is 4.00. The van der Waals surface area contributed by atoms with E-state index in [1.54, 1.807) is 6.07 Å². The minimum Gasteiger partial charge on any atom is -0.381 e. The highest BCUT2D eigenvalue weighted by atomic mass is 19.1. The Balaban J connectivity index is 1.84. The summed E-state index contributed by atoms with van der Waals surface area (Å²) in [7, 11) is 0. The minimum atomic E-state index is -0.335. The summed E-state index contributed by atoms with van der Waals surface area (Å²) in [5, 5.41) is 6.04. The average Bonchev–Trinajstić information content (AvgIpc) is 3.34. The van der Waals surface area contributed by atoms with Gasteiger partial charge in [0.15, 0.2) is 0 Å². The van der Waals surface area contributed by atoms with Crippen molar-refractivity contribution in [2.24, 2.45) is 0 Å². The van der Waals surface area contributed by atoms with Crippen LogP contribution in [-0.4, -0.2) is 21.9 Å². The highest BCUT2D eigenvalue weighted by molar-refractivity contribution is 6.06. The van der Waals surface area contributed by atoms with Crippen LogP contribution in [0.25, 0.3) is 0 Å². The van der Waals surface area contributed by atoms with E-state index in [9.17, 15) is 9.18 Å². The van der Waals surface area contributed by atoms with Gasteiger partial charge in [0.05, 0.1) is 22.6 Å². The Bertz CT molecular complexity index is 700. The molecular weight excluding hydrogens is 283 g/mol. The second-order valence-corrected chi connectivity index (χ2v) is 5.30. The monoisotopic (exact) mass is 300 g/mol. The van der Waals surface area contributed by atoms with Gasteiger partial charge < -0.3 is 10.6 Å². The lowest BCUT2D eigenvalue weighted by Gasteiger charge is -2.13. The number of hydrogen-bond donors (Lipinski definition) is 2. The first-order valence-corrected chi connectivity index (χ1v) is 7.33. The van der Waals surface area contributed by atoms with Gasteiger partial charge in [-0.2, -0.15) is 0 Å². The van der Waals surface area contributed by atoms with E-state index >= 15 is 0 Å². The maximum atomic E-state index is 13.4. The first-order chi connectivity index (χ1) is 10.7. The Morgan fingerprint density at radius 3 is 2.91 bits per heavy atom. The van der Waals surface area contributed by atoms with Crippen molar-refractivity contribution in [3.8, 4) is 0 Å². The van der Waals surface area contributed by atoms with Crippen LogP contribution < -0.4 is 10.6 Å². The third-order valence-corrected chi connectivity index (χ3v) is 3.54. The molecule has 5 nitrogen and oxygen atoms in total. The summed E-state index contributed by atoms with van der Waals surface area (Å²) in [5.41, 5.74) is 2.29. The maximum Gasteiger partial charge on any atom is 0.259 e. The molecule has 0 unspecified atom stereocenters. The zero-order valence-electron chi connectivity index (χ0n) is 12.3. The standard InChI is InChI=1S/C16H17FN4O/c1-2-13-12(8-18-9-19-13)16(22)21-14-6-3-10(17)7-15(14)20-11-4-5-11/h3,6-9,11,20H,2,4-5H2,1H3,(H,21,22). The Morgan fingerprint density at radius 2 is 2.18 bits per heavy atom. The van der Waals surface area contributed by atoms with Crippen LogP contribution in [-0.2, 0) is 6.42 Å². The number of carbonyl (C=O) groups is 1. The number of halogens is 1. The fraction of sp³-hybridized carbons (Fsp3) is 0.312. The summed E-state index contributed by atoms with van der Waals surface area (Å²) in [5.74, 6) is -0.624. The van der Waals surface area contributed by atoms with E-state index in [1.807, 2.05) is 6.92 Å². The van der Waals surface area contributed by atoms with Crippen molar-refractivity contribution in [1.29, 1.82) is 0 Å². The van der Waals surface area contributed by atoms with Gasteiger partial charge in [0, 0.05) is 12.2 Å². The van der Waals surface area contributed by atoms with Crippen LogP contribution in [0.15, 0.2) is 30.7 Å². The smallest absolute Gasteiger partial charge is 0.259 e. The lowest BCUT2D eigenvalue weighted by Crippen LogP contribution is -2.17. The fourth-order valence-electron chi connectivity index (χ4n) is 2.21. The molecule has 1 aliphatic rings. The Labute approximate surface area is 128 Å². The maximum absolute atomic E-state index is 13.4. The lowest BCUT2D eigenvalue weighted by molar-refractivity contribution is 0.102. The van der Waals surface area contributed by atoms with Gasteiger partial charge in [-0.05, 0) is 37.5 Å².